The molecule has 0 unspecified atom stereocenters. The van der Waals surface area contributed by atoms with E-state index in [9.17, 15) is 18.3 Å². The molecule has 0 bridgehead atoms. The van der Waals surface area contributed by atoms with Crippen LogP contribution >= 0.6 is 11.6 Å². The van der Waals surface area contributed by atoms with Gasteiger partial charge in [-0.1, -0.05) is 23.7 Å². The fraction of sp³-hybridized carbons (Fsp3) is 0.188. The van der Waals surface area contributed by atoms with Gasteiger partial charge in [0.2, 0.25) is 15.9 Å². The second kappa shape index (κ2) is 7.11. The van der Waals surface area contributed by atoms with E-state index in [4.69, 9.17) is 11.6 Å². The van der Waals surface area contributed by atoms with Crippen molar-refractivity contribution in [2.24, 2.45) is 0 Å². The summed E-state index contributed by atoms with van der Waals surface area (Å²) >= 11 is 5.89. The molecule has 0 atom stereocenters. The standard InChI is InChI=1S/C16H17ClN2O4S/c1-11-6-7-14(15(20)8-11)18-16(21)10-19(24(2,22)23)13-5-3-4-12(17)9-13/h3-9,20H,10H2,1-2H3,(H,18,21). The van der Waals surface area contributed by atoms with Crippen LogP contribution in [-0.2, 0) is 14.8 Å². The van der Waals surface area contributed by atoms with E-state index in [-0.39, 0.29) is 17.1 Å². The Morgan fingerprint density at radius 1 is 1.25 bits per heavy atom. The highest BCUT2D eigenvalue weighted by molar-refractivity contribution is 7.92. The van der Waals surface area contributed by atoms with Crippen molar-refractivity contribution < 1.29 is 18.3 Å². The largest absolute Gasteiger partial charge is 0.506 e. The van der Waals surface area contributed by atoms with Gasteiger partial charge in [0, 0.05) is 5.02 Å². The molecular weight excluding hydrogens is 352 g/mol. The molecule has 0 aliphatic carbocycles. The molecule has 0 spiro atoms. The number of aromatic hydroxyl groups is 1. The van der Waals surface area contributed by atoms with Crippen LogP contribution in [0.15, 0.2) is 42.5 Å². The van der Waals surface area contributed by atoms with Crippen molar-refractivity contribution in [2.45, 2.75) is 6.92 Å². The average Bonchev–Trinajstić information content (AvgIpc) is 2.46. The molecule has 0 aromatic heterocycles. The maximum absolute atomic E-state index is 12.2. The maximum atomic E-state index is 12.2. The number of nitrogens with zero attached hydrogens (tertiary/aromatic N) is 1. The second-order valence-electron chi connectivity index (χ2n) is 5.32. The number of carbonyl (C=O) groups is 1. The number of carbonyl (C=O) groups excluding carboxylic acids is 1. The Balaban J connectivity index is 2.22. The summed E-state index contributed by atoms with van der Waals surface area (Å²) in [6.45, 7) is 1.36. The van der Waals surface area contributed by atoms with Gasteiger partial charge in [0.1, 0.15) is 12.3 Å². The molecule has 0 saturated carbocycles. The van der Waals surface area contributed by atoms with Crippen LogP contribution in [0.2, 0.25) is 5.02 Å². The quantitative estimate of drug-likeness (QED) is 0.794. The number of nitrogens with one attached hydrogen (secondary N) is 1. The molecule has 0 radical (unpaired) electrons. The predicted octanol–water partition coefficient (Wildman–Crippen LogP) is 2.76. The fourth-order valence-electron chi connectivity index (χ4n) is 2.10. The van der Waals surface area contributed by atoms with Crippen molar-refractivity contribution in [2.75, 3.05) is 22.4 Å². The van der Waals surface area contributed by atoms with Gasteiger partial charge in [0.25, 0.3) is 0 Å². The van der Waals surface area contributed by atoms with E-state index in [1.807, 2.05) is 0 Å². The zero-order chi connectivity index (χ0) is 17.9. The predicted molar refractivity (Wildman–Crippen MR) is 95.1 cm³/mol. The molecule has 2 rings (SSSR count). The van der Waals surface area contributed by atoms with E-state index in [0.717, 1.165) is 16.1 Å². The molecule has 8 heteroatoms. The first kappa shape index (κ1) is 18.1. The molecule has 128 valence electrons. The molecule has 1 amide bonds. The van der Waals surface area contributed by atoms with Crippen molar-refractivity contribution in [1.82, 2.24) is 0 Å². The monoisotopic (exact) mass is 368 g/mol. The number of anilines is 2. The Morgan fingerprint density at radius 2 is 1.96 bits per heavy atom. The number of benzene rings is 2. The molecule has 0 aliphatic heterocycles. The summed E-state index contributed by atoms with van der Waals surface area (Å²) in [6.07, 6.45) is 1.00. The van der Waals surface area contributed by atoms with Crippen LogP contribution < -0.4 is 9.62 Å². The highest BCUT2D eigenvalue weighted by atomic mass is 35.5. The second-order valence-corrected chi connectivity index (χ2v) is 7.66. The molecule has 0 fully saturated rings. The van der Waals surface area contributed by atoms with Crippen molar-refractivity contribution in [3.63, 3.8) is 0 Å². The lowest BCUT2D eigenvalue weighted by molar-refractivity contribution is -0.114. The summed E-state index contributed by atoms with van der Waals surface area (Å²) in [7, 11) is -3.69. The molecular formula is C16H17ClN2O4S. The Hall–Kier alpha value is -2.25. The van der Waals surface area contributed by atoms with Gasteiger partial charge in [-0.3, -0.25) is 9.10 Å². The normalized spacial score (nSPS) is 11.1. The van der Waals surface area contributed by atoms with Crippen LogP contribution in [0.1, 0.15) is 5.56 Å². The lowest BCUT2D eigenvalue weighted by Crippen LogP contribution is -2.37. The number of hydrogen-bond acceptors (Lipinski definition) is 4. The molecule has 24 heavy (non-hydrogen) atoms. The van der Waals surface area contributed by atoms with Crippen molar-refractivity contribution in [3.8, 4) is 5.75 Å². The number of amides is 1. The number of phenols is 1. The number of phenolic OH excluding ortho intramolecular Hbond substituents is 1. The first-order valence-electron chi connectivity index (χ1n) is 6.99. The van der Waals surface area contributed by atoms with Crippen LogP contribution in [0.4, 0.5) is 11.4 Å². The highest BCUT2D eigenvalue weighted by Crippen LogP contribution is 2.25. The fourth-order valence-corrected chi connectivity index (χ4v) is 3.13. The van der Waals surface area contributed by atoms with Crippen molar-refractivity contribution in [3.05, 3.63) is 53.1 Å². The molecule has 2 aromatic carbocycles. The minimum Gasteiger partial charge on any atom is -0.506 e. The Bertz CT molecular complexity index is 868. The maximum Gasteiger partial charge on any atom is 0.245 e. The van der Waals surface area contributed by atoms with Gasteiger partial charge in [-0.2, -0.15) is 0 Å². The number of rotatable bonds is 5. The third-order valence-electron chi connectivity index (χ3n) is 3.21. The first-order chi connectivity index (χ1) is 11.2. The topological polar surface area (TPSA) is 86.7 Å². The van der Waals surface area contributed by atoms with Crippen LogP contribution in [0, 0.1) is 6.92 Å². The number of halogens is 1. The third kappa shape index (κ3) is 4.62. The molecule has 0 aliphatic rings. The SMILES string of the molecule is Cc1ccc(NC(=O)CN(c2cccc(Cl)c2)S(C)(=O)=O)c(O)c1. The lowest BCUT2D eigenvalue weighted by atomic mass is 10.2. The summed E-state index contributed by atoms with van der Waals surface area (Å²) in [5, 5.41) is 12.7. The van der Waals surface area contributed by atoms with Crippen LogP contribution in [-0.4, -0.2) is 32.2 Å². The van der Waals surface area contributed by atoms with Gasteiger partial charge in [-0.15, -0.1) is 0 Å². The van der Waals surface area contributed by atoms with Crippen LogP contribution in [0.25, 0.3) is 0 Å². The Labute approximate surface area is 145 Å². The molecule has 6 nitrogen and oxygen atoms in total. The van der Waals surface area contributed by atoms with Crippen molar-refractivity contribution >= 4 is 38.9 Å². The van der Waals surface area contributed by atoms with E-state index in [2.05, 4.69) is 5.32 Å². The molecule has 0 saturated heterocycles. The minimum absolute atomic E-state index is 0.0861. The van der Waals surface area contributed by atoms with Gasteiger partial charge in [0.05, 0.1) is 17.6 Å². The van der Waals surface area contributed by atoms with Crippen LogP contribution in [0.3, 0.4) is 0 Å². The van der Waals surface area contributed by atoms with Gasteiger partial charge in [-0.05, 0) is 42.8 Å². The summed E-state index contributed by atoms with van der Waals surface area (Å²) in [5.41, 5.74) is 1.33. The number of sulfonamides is 1. The number of hydrogen-bond donors (Lipinski definition) is 2. The molecule has 0 heterocycles. The smallest absolute Gasteiger partial charge is 0.245 e. The summed E-state index contributed by atoms with van der Waals surface area (Å²) in [4.78, 5) is 12.2. The molecule has 2 N–H and O–H groups in total. The Morgan fingerprint density at radius 3 is 2.54 bits per heavy atom. The zero-order valence-electron chi connectivity index (χ0n) is 13.2. The van der Waals surface area contributed by atoms with E-state index >= 15 is 0 Å². The van der Waals surface area contributed by atoms with E-state index in [0.29, 0.717) is 5.02 Å². The summed E-state index contributed by atoms with van der Waals surface area (Å²) in [6, 6.07) is 11.0. The lowest BCUT2D eigenvalue weighted by Gasteiger charge is -2.22. The third-order valence-corrected chi connectivity index (χ3v) is 4.59. The first-order valence-corrected chi connectivity index (χ1v) is 9.22. The van der Waals surface area contributed by atoms with E-state index in [1.54, 1.807) is 37.3 Å². The highest BCUT2D eigenvalue weighted by Gasteiger charge is 2.21. The molecule has 2 aromatic rings. The zero-order valence-corrected chi connectivity index (χ0v) is 14.7. The van der Waals surface area contributed by atoms with Gasteiger partial charge < -0.3 is 10.4 Å². The Kier molecular flexibility index (Phi) is 5.36. The summed E-state index contributed by atoms with van der Waals surface area (Å²) in [5.74, 6) is -0.670. The van der Waals surface area contributed by atoms with E-state index in [1.165, 1.54) is 12.1 Å². The number of aryl methyl sites for hydroxylation is 1. The summed E-state index contributed by atoms with van der Waals surface area (Å²) < 4.78 is 24.9. The van der Waals surface area contributed by atoms with Crippen molar-refractivity contribution in [1.29, 1.82) is 0 Å². The van der Waals surface area contributed by atoms with Crippen LogP contribution in [0.5, 0.6) is 5.75 Å². The van der Waals surface area contributed by atoms with Gasteiger partial charge >= 0.3 is 0 Å². The average molecular weight is 369 g/mol. The van der Waals surface area contributed by atoms with Gasteiger partial charge in [-0.25, -0.2) is 8.42 Å². The van der Waals surface area contributed by atoms with E-state index < -0.39 is 22.5 Å². The van der Waals surface area contributed by atoms with Gasteiger partial charge in [0.15, 0.2) is 0 Å². The minimum atomic E-state index is -3.69.